The maximum atomic E-state index is 11.6. The molecule has 0 radical (unpaired) electrons. The second-order valence-corrected chi connectivity index (χ2v) is 5.18. The average molecular weight is 284 g/mol. The van der Waals surface area contributed by atoms with Crippen molar-refractivity contribution in [1.82, 2.24) is 0 Å². The Kier molecular flexibility index (Phi) is 6.53. The number of rotatable bonds is 7. The zero-order valence-electron chi connectivity index (χ0n) is 10.1. The highest BCUT2D eigenvalue weighted by Crippen LogP contribution is 2.15. The van der Waals surface area contributed by atoms with Crippen LogP contribution in [0.15, 0.2) is 24.3 Å². The molecule has 0 fully saturated rings. The van der Waals surface area contributed by atoms with Crippen LogP contribution in [-0.2, 0) is 4.79 Å². The quantitative estimate of drug-likeness (QED) is 0.592. The molecule has 3 N–H and O–H groups in total. The molecule has 1 rings (SSSR count). The summed E-state index contributed by atoms with van der Waals surface area (Å²) in [5.41, 5.74) is 6.13. The van der Waals surface area contributed by atoms with Crippen LogP contribution in [0.2, 0.25) is 0 Å². The Bertz CT molecular complexity index is 407. The molecular formula is C12H16N2O2S2. The zero-order chi connectivity index (χ0) is 13.4. The van der Waals surface area contributed by atoms with Crippen LogP contribution >= 0.6 is 24.0 Å². The van der Waals surface area contributed by atoms with Gasteiger partial charge in [-0.2, -0.15) is 11.8 Å². The van der Waals surface area contributed by atoms with Crippen LogP contribution in [0, 0.1) is 0 Å². The molecule has 1 aromatic carbocycles. The molecule has 18 heavy (non-hydrogen) atoms. The minimum Gasteiger partial charge on any atom is -0.497 e. The van der Waals surface area contributed by atoms with Crippen molar-refractivity contribution in [2.24, 2.45) is 5.73 Å². The fourth-order valence-corrected chi connectivity index (χ4v) is 2.21. The van der Waals surface area contributed by atoms with Crippen LogP contribution < -0.4 is 15.8 Å². The normalized spacial score (nSPS) is 9.83. The van der Waals surface area contributed by atoms with Gasteiger partial charge in [-0.25, -0.2) is 0 Å². The first kappa shape index (κ1) is 14.8. The summed E-state index contributed by atoms with van der Waals surface area (Å²) in [6.07, 6.45) is 0.663. The zero-order valence-corrected chi connectivity index (χ0v) is 11.8. The first-order valence-corrected chi connectivity index (χ1v) is 6.98. The van der Waals surface area contributed by atoms with Crippen molar-refractivity contribution in [3.63, 3.8) is 0 Å². The SMILES string of the molecule is COc1ccc(NC(=O)CSCCC(N)=S)cc1. The van der Waals surface area contributed by atoms with Crippen LogP contribution in [0.4, 0.5) is 5.69 Å². The highest BCUT2D eigenvalue weighted by atomic mass is 32.2. The molecule has 0 saturated heterocycles. The maximum Gasteiger partial charge on any atom is 0.234 e. The van der Waals surface area contributed by atoms with Gasteiger partial charge in [0.25, 0.3) is 0 Å². The molecule has 6 heteroatoms. The lowest BCUT2D eigenvalue weighted by atomic mass is 10.3. The number of carbonyl (C=O) groups is 1. The molecule has 0 aliphatic carbocycles. The first-order valence-electron chi connectivity index (χ1n) is 5.42. The van der Waals surface area contributed by atoms with Crippen molar-refractivity contribution in [1.29, 1.82) is 0 Å². The van der Waals surface area contributed by atoms with E-state index in [4.69, 9.17) is 22.7 Å². The fraction of sp³-hybridized carbons (Fsp3) is 0.333. The van der Waals surface area contributed by atoms with E-state index in [1.54, 1.807) is 31.4 Å². The van der Waals surface area contributed by atoms with Gasteiger partial charge in [0.05, 0.1) is 17.9 Å². The van der Waals surface area contributed by atoms with Gasteiger partial charge in [-0.1, -0.05) is 12.2 Å². The summed E-state index contributed by atoms with van der Waals surface area (Å²) >= 11 is 6.27. The highest BCUT2D eigenvalue weighted by molar-refractivity contribution is 8.00. The number of carbonyl (C=O) groups excluding carboxylic acids is 1. The smallest absolute Gasteiger partial charge is 0.234 e. The Hall–Kier alpha value is -1.27. The predicted molar refractivity (Wildman–Crippen MR) is 80.4 cm³/mol. The van der Waals surface area contributed by atoms with Gasteiger partial charge in [-0.15, -0.1) is 0 Å². The van der Waals surface area contributed by atoms with Gasteiger partial charge in [0.15, 0.2) is 0 Å². The second-order valence-electron chi connectivity index (χ2n) is 3.55. The van der Waals surface area contributed by atoms with Crippen molar-refractivity contribution >= 4 is 40.6 Å². The van der Waals surface area contributed by atoms with E-state index in [9.17, 15) is 4.79 Å². The molecule has 0 aromatic heterocycles. The summed E-state index contributed by atoms with van der Waals surface area (Å²) in [4.78, 5) is 12.1. The summed E-state index contributed by atoms with van der Waals surface area (Å²) in [5.74, 6) is 1.90. The van der Waals surface area contributed by atoms with Crippen LogP contribution in [0.25, 0.3) is 0 Å². The van der Waals surface area contributed by atoms with E-state index in [1.165, 1.54) is 11.8 Å². The maximum absolute atomic E-state index is 11.6. The lowest BCUT2D eigenvalue weighted by Gasteiger charge is -2.06. The largest absolute Gasteiger partial charge is 0.497 e. The average Bonchev–Trinajstić information content (AvgIpc) is 2.35. The standard InChI is InChI=1S/C12H16N2O2S2/c1-16-10-4-2-9(3-5-10)14-12(15)8-18-7-6-11(13)17/h2-5H,6-8H2,1H3,(H2,13,17)(H,14,15). The molecule has 0 spiro atoms. The summed E-state index contributed by atoms with van der Waals surface area (Å²) in [6, 6.07) is 7.21. The van der Waals surface area contributed by atoms with Crippen molar-refractivity contribution in [3.05, 3.63) is 24.3 Å². The lowest BCUT2D eigenvalue weighted by molar-refractivity contribution is -0.113. The van der Waals surface area contributed by atoms with Crippen molar-refractivity contribution in [2.45, 2.75) is 6.42 Å². The molecule has 0 heterocycles. The van der Waals surface area contributed by atoms with E-state index in [0.717, 1.165) is 17.2 Å². The minimum absolute atomic E-state index is 0.0342. The summed E-state index contributed by atoms with van der Waals surface area (Å²) < 4.78 is 5.04. The van der Waals surface area contributed by atoms with E-state index in [-0.39, 0.29) is 5.91 Å². The molecule has 0 bridgehead atoms. The number of anilines is 1. The van der Waals surface area contributed by atoms with Gasteiger partial charge in [0.1, 0.15) is 5.75 Å². The van der Waals surface area contributed by atoms with Gasteiger partial charge >= 0.3 is 0 Å². The van der Waals surface area contributed by atoms with Crippen LogP contribution in [-0.4, -0.2) is 29.5 Å². The Morgan fingerprint density at radius 2 is 2.11 bits per heavy atom. The Morgan fingerprint density at radius 1 is 1.44 bits per heavy atom. The van der Waals surface area contributed by atoms with E-state index in [2.05, 4.69) is 5.32 Å². The van der Waals surface area contributed by atoms with Gasteiger partial charge in [0, 0.05) is 17.9 Å². The van der Waals surface area contributed by atoms with Gasteiger partial charge in [-0.3, -0.25) is 4.79 Å². The lowest BCUT2D eigenvalue weighted by Crippen LogP contribution is -2.15. The molecule has 0 unspecified atom stereocenters. The Morgan fingerprint density at radius 3 is 2.67 bits per heavy atom. The predicted octanol–water partition coefficient (Wildman–Crippen LogP) is 2.04. The molecule has 0 aliphatic heterocycles. The van der Waals surface area contributed by atoms with E-state index in [0.29, 0.717) is 17.2 Å². The van der Waals surface area contributed by atoms with Crippen molar-refractivity contribution in [2.75, 3.05) is 23.9 Å². The Balaban J connectivity index is 2.28. The van der Waals surface area contributed by atoms with E-state index >= 15 is 0 Å². The number of thioether (sulfide) groups is 1. The number of hydrogen-bond acceptors (Lipinski definition) is 4. The topological polar surface area (TPSA) is 64.3 Å². The molecule has 0 atom stereocenters. The molecule has 98 valence electrons. The number of nitrogens with two attached hydrogens (primary N) is 1. The van der Waals surface area contributed by atoms with Gasteiger partial charge in [-0.05, 0) is 24.3 Å². The third kappa shape index (κ3) is 5.88. The number of ether oxygens (including phenoxy) is 1. The third-order valence-electron chi connectivity index (χ3n) is 2.10. The first-order chi connectivity index (χ1) is 8.61. The highest BCUT2D eigenvalue weighted by Gasteiger charge is 2.03. The molecule has 1 aromatic rings. The van der Waals surface area contributed by atoms with Crippen LogP contribution in [0.3, 0.4) is 0 Å². The number of nitrogens with one attached hydrogen (secondary N) is 1. The third-order valence-corrected chi connectivity index (χ3v) is 3.26. The second kappa shape index (κ2) is 7.94. The molecular weight excluding hydrogens is 268 g/mol. The molecule has 1 amide bonds. The van der Waals surface area contributed by atoms with Crippen LogP contribution in [0.1, 0.15) is 6.42 Å². The Labute approximate surface area is 116 Å². The molecule has 0 aliphatic rings. The summed E-state index contributed by atoms with van der Waals surface area (Å²) in [6.45, 7) is 0. The summed E-state index contributed by atoms with van der Waals surface area (Å²) in [7, 11) is 1.60. The minimum atomic E-state index is -0.0342. The van der Waals surface area contributed by atoms with Gasteiger partial charge < -0.3 is 15.8 Å². The van der Waals surface area contributed by atoms with E-state index in [1.807, 2.05) is 0 Å². The van der Waals surface area contributed by atoms with Crippen LogP contribution in [0.5, 0.6) is 5.75 Å². The summed E-state index contributed by atoms with van der Waals surface area (Å²) in [5, 5.41) is 2.80. The number of thiocarbonyl (C=S) groups is 1. The number of methoxy groups -OCH3 is 1. The fourth-order valence-electron chi connectivity index (χ4n) is 1.21. The van der Waals surface area contributed by atoms with Gasteiger partial charge in [0.2, 0.25) is 5.91 Å². The number of amides is 1. The molecule has 4 nitrogen and oxygen atoms in total. The number of hydrogen-bond donors (Lipinski definition) is 2. The monoisotopic (exact) mass is 284 g/mol. The molecule has 0 saturated carbocycles. The van der Waals surface area contributed by atoms with Crippen molar-refractivity contribution < 1.29 is 9.53 Å². The number of benzene rings is 1. The van der Waals surface area contributed by atoms with Crippen molar-refractivity contribution in [3.8, 4) is 5.75 Å². The van der Waals surface area contributed by atoms with E-state index < -0.39 is 0 Å².